The number of rotatable bonds is 8. The fourth-order valence-electron chi connectivity index (χ4n) is 2.67. The Labute approximate surface area is 171 Å². The highest BCUT2D eigenvalue weighted by molar-refractivity contribution is 7.13. The van der Waals surface area contributed by atoms with Crippen LogP contribution in [0.5, 0.6) is 0 Å². The molecule has 1 amide bonds. The number of carbonyl (C=O) groups excluding carboxylic acids is 2. The molecule has 9 heteroatoms. The molecule has 3 aromatic rings. The Morgan fingerprint density at radius 3 is 2.75 bits per heavy atom. The summed E-state index contributed by atoms with van der Waals surface area (Å²) in [5.74, 6) is 0.00422. The first-order valence-corrected chi connectivity index (χ1v) is 10.6. The number of aryl methyl sites for hydroxylation is 2. The van der Waals surface area contributed by atoms with Crippen LogP contribution in [0.2, 0.25) is 0 Å². The second-order valence-corrected chi connectivity index (χ2v) is 8.60. The number of ether oxygens (including phenoxy) is 1. The molecule has 0 spiro atoms. The van der Waals surface area contributed by atoms with E-state index in [1.54, 1.807) is 11.0 Å². The predicted octanol–water partition coefficient (Wildman–Crippen LogP) is 4.07. The van der Waals surface area contributed by atoms with Gasteiger partial charge in [-0.25, -0.2) is 4.79 Å². The van der Waals surface area contributed by atoms with E-state index < -0.39 is 5.97 Å². The Hall–Kier alpha value is -2.52. The molecule has 0 N–H and O–H groups in total. The SMILES string of the molecule is CCCN(Cc1nnc(-c2cccs2)o1)C(=O)COC(=O)c1cc(C)sc1C. The molecule has 0 atom stereocenters. The predicted molar refractivity (Wildman–Crippen MR) is 107 cm³/mol. The molecular weight excluding hydrogens is 398 g/mol. The number of hydrogen-bond donors (Lipinski definition) is 0. The summed E-state index contributed by atoms with van der Waals surface area (Å²) in [4.78, 5) is 29.1. The zero-order valence-corrected chi connectivity index (χ0v) is 17.6. The third kappa shape index (κ3) is 4.85. The number of carbonyl (C=O) groups is 2. The van der Waals surface area contributed by atoms with E-state index in [0.29, 0.717) is 23.9 Å². The Kier molecular flexibility index (Phi) is 6.58. The van der Waals surface area contributed by atoms with Gasteiger partial charge < -0.3 is 14.1 Å². The van der Waals surface area contributed by atoms with Gasteiger partial charge in [0.05, 0.1) is 17.0 Å². The average molecular weight is 420 g/mol. The van der Waals surface area contributed by atoms with Crippen LogP contribution in [-0.2, 0) is 16.1 Å². The average Bonchev–Trinajstić information content (AvgIpc) is 3.40. The van der Waals surface area contributed by atoms with E-state index in [0.717, 1.165) is 21.1 Å². The Bertz CT molecular complexity index is 946. The number of hydrogen-bond acceptors (Lipinski definition) is 8. The van der Waals surface area contributed by atoms with E-state index in [2.05, 4.69) is 10.2 Å². The van der Waals surface area contributed by atoms with Crippen molar-refractivity contribution >= 4 is 34.6 Å². The number of thiophene rings is 2. The summed E-state index contributed by atoms with van der Waals surface area (Å²) in [6.07, 6.45) is 0.758. The third-order valence-corrected chi connectivity index (χ3v) is 5.78. The summed E-state index contributed by atoms with van der Waals surface area (Å²) in [7, 11) is 0. The smallest absolute Gasteiger partial charge is 0.339 e. The molecule has 28 heavy (non-hydrogen) atoms. The Morgan fingerprint density at radius 1 is 1.29 bits per heavy atom. The lowest BCUT2D eigenvalue weighted by molar-refractivity contribution is -0.135. The summed E-state index contributed by atoms with van der Waals surface area (Å²) in [5.41, 5.74) is 0.509. The molecule has 0 saturated carbocycles. The lowest BCUT2D eigenvalue weighted by Gasteiger charge is -2.20. The maximum Gasteiger partial charge on any atom is 0.339 e. The summed E-state index contributed by atoms with van der Waals surface area (Å²) in [6, 6.07) is 5.58. The molecule has 0 aromatic carbocycles. The first-order chi connectivity index (χ1) is 13.5. The molecule has 0 bridgehead atoms. The van der Waals surface area contributed by atoms with Gasteiger partial charge in [-0.1, -0.05) is 13.0 Å². The van der Waals surface area contributed by atoms with Crippen LogP contribution >= 0.6 is 22.7 Å². The minimum Gasteiger partial charge on any atom is -0.452 e. The highest BCUT2D eigenvalue weighted by atomic mass is 32.1. The number of amides is 1. The fraction of sp³-hybridized carbons (Fsp3) is 0.368. The first-order valence-electron chi connectivity index (χ1n) is 8.86. The quantitative estimate of drug-likeness (QED) is 0.512. The first kappa shape index (κ1) is 20.2. The molecule has 7 nitrogen and oxygen atoms in total. The zero-order valence-electron chi connectivity index (χ0n) is 15.9. The van der Waals surface area contributed by atoms with Crippen LogP contribution in [0.15, 0.2) is 28.0 Å². The minimum atomic E-state index is -0.482. The Morgan fingerprint density at radius 2 is 2.11 bits per heavy atom. The summed E-state index contributed by atoms with van der Waals surface area (Å²) in [6.45, 7) is 6.12. The van der Waals surface area contributed by atoms with Gasteiger partial charge in [0.25, 0.3) is 11.8 Å². The third-order valence-electron chi connectivity index (χ3n) is 3.96. The molecule has 0 aliphatic carbocycles. The molecule has 3 aromatic heterocycles. The standard InChI is InChI=1S/C19H21N3O4S2/c1-4-7-22(10-16-20-21-18(26-16)15-6-5-8-27-15)17(23)11-25-19(24)14-9-12(2)28-13(14)3/h5-6,8-9H,4,7,10-11H2,1-3H3. The fourth-order valence-corrected chi connectivity index (χ4v) is 4.23. The lowest BCUT2D eigenvalue weighted by atomic mass is 10.2. The monoisotopic (exact) mass is 419 g/mol. The molecule has 0 fully saturated rings. The number of esters is 1. The van der Waals surface area contributed by atoms with Gasteiger partial charge in [0.2, 0.25) is 5.89 Å². The summed E-state index contributed by atoms with van der Waals surface area (Å²) < 4.78 is 10.9. The van der Waals surface area contributed by atoms with Crippen molar-refractivity contribution in [2.24, 2.45) is 0 Å². The maximum absolute atomic E-state index is 12.6. The molecule has 3 rings (SSSR count). The second-order valence-electron chi connectivity index (χ2n) is 6.20. The molecular formula is C19H21N3O4S2. The maximum atomic E-state index is 12.6. The highest BCUT2D eigenvalue weighted by Crippen LogP contribution is 2.23. The van der Waals surface area contributed by atoms with Crippen LogP contribution in [0.4, 0.5) is 0 Å². The van der Waals surface area contributed by atoms with E-state index in [1.165, 1.54) is 22.7 Å². The molecule has 0 radical (unpaired) electrons. The van der Waals surface area contributed by atoms with Crippen LogP contribution in [0.3, 0.4) is 0 Å². The van der Waals surface area contributed by atoms with Gasteiger partial charge in [-0.3, -0.25) is 4.79 Å². The lowest BCUT2D eigenvalue weighted by Crippen LogP contribution is -2.35. The summed E-state index contributed by atoms with van der Waals surface area (Å²) in [5, 5.41) is 9.98. The molecule has 0 saturated heterocycles. The van der Waals surface area contributed by atoms with Crippen molar-refractivity contribution in [3.8, 4) is 10.8 Å². The van der Waals surface area contributed by atoms with Crippen molar-refractivity contribution in [1.29, 1.82) is 0 Å². The van der Waals surface area contributed by atoms with Gasteiger partial charge in [-0.15, -0.1) is 32.9 Å². The normalized spacial score (nSPS) is 10.8. The molecule has 0 unspecified atom stereocenters. The molecule has 0 aliphatic rings. The van der Waals surface area contributed by atoms with Crippen molar-refractivity contribution in [2.75, 3.05) is 13.2 Å². The van der Waals surface area contributed by atoms with Gasteiger partial charge in [0.15, 0.2) is 6.61 Å². The van der Waals surface area contributed by atoms with Crippen molar-refractivity contribution in [2.45, 2.75) is 33.7 Å². The van der Waals surface area contributed by atoms with Crippen LogP contribution in [0.25, 0.3) is 10.8 Å². The number of aromatic nitrogens is 2. The number of nitrogens with zero attached hydrogens (tertiary/aromatic N) is 3. The van der Waals surface area contributed by atoms with Crippen molar-refractivity contribution in [3.63, 3.8) is 0 Å². The van der Waals surface area contributed by atoms with Crippen LogP contribution < -0.4 is 0 Å². The van der Waals surface area contributed by atoms with Crippen molar-refractivity contribution in [1.82, 2.24) is 15.1 Å². The summed E-state index contributed by atoms with van der Waals surface area (Å²) >= 11 is 3.03. The largest absolute Gasteiger partial charge is 0.452 e. The highest BCUT2D eigenvalue weighted by Gasteiger charge is 2.20. The minimum absolute atomic E-state index is 0.180. The van der Waals surface area contributed by atoms with Crippen LogP contribution in [0.1, 0.15) is 39.3 Å². The topological polar surface area (TPSA) is 85.5 Å². The van der Waals surface area contributed by atoms with Gasteiger partial charge in [0, 0.05) is 16.3 Å². The van der Waals surface area contributed by atoms with Gasteiger partial charge in [0.1, 0.15) is 0 Å². The van der Waals surface area contributed by atoms with E-state index in [-0.39, 0.29) is 19.1 Å². The molecule has 148 valence electrons. The van der Waals surface area contributed by atoms with Crippen molar-refractivity contribution < 1.29 is 18.7 Å². The van der Waals surface area contributed by atoms with E-state index in [9.17, 15) is 9.59 Å². The van der Waals surface area contributed by atoms with Crippen LogP contribution in [0, 0.1) is 13.8 Å². The van der Waals surface area contributed by atoms with Gasteiger partial charge >= 0.3 is 5.97 Å². The van der Waals surface area contributed by atoms with Gasteiger partial charge in [-0.05, 0) is 37.8 Å². The van der Waals surface area contributed by atoms with Crippen molar-refractivity contribution in [3.05, 3.63) is 44.8 Å². The van der Waals surface area contributed by atoms with Gasteiger partial charge in [-0.2, -0.15) is 0 Å². The van der Waals surface area contributed by atoms with E-state index in [1.807, 2.05) is 38.3 Å². The van der Waals surface area contributed by atoms with Crippen LogP contribution in [-0.4, -0.2) is 40.1 Å². The Balaban J connectivity index is 1.60. The zero-order chi connectivity index (χ0) is 20.1. The molecule has 0 aliphatic heterocycles. The second kappa shape index (κ2) is 9.11. The molecule has 3 heterocycles. The van der Waals surface area contributed by atoms with E-state index >= 15 is 0 Å². The van der Waals surface area contributed by atoms with E-state index in [4.69, 9.17) is 9.15 Å².